The van der Waals surface area contributed by atoms with Gasteiger partial charge in [-0.3, -0.25) is 9.36 Å². The highest BCUT2D eigenvalue weighted by Crippen LogP contribution is 2.30. The Hall–Kier alpha value is -1.89. The van der Waals surface area contributed by atoms with Gasteiger partial charge in [0, 0.05) is 5.69 Å². The largest absolute Gasteiger partial charge is 0.364 e. The summed E-state index contributed by atoms with van der Waals surface area (Å²) in [6.07, 6.45) is 1.66. The smallest absolute Gasteiger partial charge is 0.264 e. The molecule has 0 bridgehead atoms. The molecule has 0 saturated carbocycles. The summed E-state index contributed by atoms with van der Waals surface area (Å²) < 4.78 is 14.5. The highest BCUT2D eigenvalue weighted by molar-refractivity contribution is 8.02. The first-order valence-corrected chi connectivity index (χ1v) is 7.68. The minimum Gasteiger partial charge on any atom is -0.364 e. The fourth-order valence-corrected chi connectivity index (χ4v) is 3.38. The summed E-state index contributed by atoms with van der Waals surface area (Å²) in [5, 5.41) is 21.5. The predicted molar refractivity (Wildman–Crippen MR) is 82.5 cm³/mol. The average Bonchev–Trinajstić information content (AvgIpc) is 2.73. The Bertz CT molecular complexity index is 781. The number of nitrogens with zero attached hydrogens (tertiary/aromatic N) is 1. The maximum Gasteiger partial charge on any atom is 0.264 e. The van der Waals surface area contributed by atoms with Crippen molar-refractivity contribution < 1.29 is 14.6 Å². The number of thioether (sulfide) groups is 1. The summed E-state index contributed by atoms with van der Waals surface area (Å²) in [6, 6.07) is 7.09. The van der Waals surface area contributed by atoms with E-state index in [1.807, 2.05) is 11.5 Å². The van der Waals surface area contributed by atoms with Gasteiger partial charge >= 0.3 is 0 Å². The zero-order valence-electron chi connectivity index (χ0n) is 11.6. The molecule has 0 saturated heterocycles. The first-order chi connectivity index (χ1) is 10.6. The fourth-order valence-electron chi connectivity index (χ4n) is 2.41. The van der Waals surface area contributed by atoms with Gasteiger partial charge in [0.15, 0.2) is 6.29 Å². The number of aromatic nitrogens is 1. The average molecular weight is 319 g/mol. The van der Waals surface area contributed by atoms with Crippen LogP contribution in [0.15, 0.2) is 51.6 Å². The van der Waals surface area contributed by atoms with Crippen LogP contribution in [0, 0.1) is 5.82 Å². The Balaban J connectivity index is 2.30. The number of aliphatic hydroxyl groups is 2. The maximum atomic E-state index is 13.1. The lowest BCUT2D eigenvalue weighted by Gasteiger charge is -2.17. The standard InChI is InChI=1S/C16H14FNO3S/c17-11-4-6-12(7-5-11)18-14(19)13(16(20)21)9-10-3-1-2-8-22-15(10)18/h2,4-9,16,20-21H,1,3H2. The van der Waals surface area contributed by atoms with Gasteiger partial charge in [0.05, 0.1) is 10.6 Å². The van der Waals surface area contributed by atoms with Crippen LogP contribution in [0.3, 0.4) is 0 Å². The van der Waals surface area contributed by atoms with Crippen LogP contribution in [0.1, 0.15) is 23.8 Å². The lowest BCUT2D eigenvalue weighted by atomic mass is 10.1. The highest BCUT2D eigenvalue weighted by Gasteiger charge is 2.20. The molecule has 0 aliphatic carbocycles. The van der Waals surface area contributed by atoms with Gasteiger partial charge in [0.2, 0.25) is 0 Å². The van der Waals surface area contributed by atoms with Gasteiger partial charge in [-0.05, 0) is 54.1 Å². The number of hydrogen-bond donors (Lipinski definition) is 2. The van der Waals surface area contributed by atoms with Crippen molar-refractivity contribution in [3.05, 3.63) is 69.1 Å². The summed E-state index contributed by atoms with van der Waals surface area (Å²) in [7, 11) is 0. The van der Waals surface area contributed by atoms with Gasteiger partial charge < -0.3 is 10.2 Å². The van der Waals surface area contributed by atoms with Gasteiger partial charge in [-0.1, -0.05) is 17.8 Å². The highest BCUT2D eigenvalue weighted by atomic mass is 32.2. The second kappa shape index (κ2) is 6.08. The Morgan fingerprint density at radius 1 is 1.23 bits per heavy atom. The molecule has 6 heteroatoms. The van der Waals surface area contributed by atoms with Crippen LogP contribution >= 0.6 is 11.8 Å². The number of rotatable bonds is 2. The summed E-state index contributed by atoms with van der Waals surface area (Å²) in [4.78, 5) is 12.6. The molecule has 1 aliphatic heterocycles. The number of benzene rings is 1. The van der Waals surface area contributed by atoms with E-state index in [1.165, 1.54) is 40.6 Å². The summed E-state index contributed by atoms with van der Waals surface area (Å²) in [6.45, 7) is 0. The molecule has 0 spiro atoms. The van der Waals surface area contributed by atoms with Crippen LogP contribution in [0.5, 0.6) is 0 Å². The molecule has 0 atom stereocenters. The zero-order valence-corrected chi connectivity index (χ0v) is 12.4. The van der Waals surface area contributed by atoms with E-state index in [9.17, 15) is 19.4 Å². The number of aliphatic hydroxyl groups excluding tert-OH is 1. The van der Waals surface area contributed by atoms with Crippen LogP contribution < -0.4 is 5.56 Å². The third-order valence-electron chi connectivity index (χ3n) is 3.48. The number of fused-ring (bicyclic) bond motifs is 1. The Morgan fingerprint density at radius 2 is 1.95 bits per heavy atom. The summed E-state index contributed by atoms with van der Waals surface area (Å²) >= 11 is 1.40. The van der Waals surface area contributed by atoms with E-state index in [0.29, 0.717) is 12.1 Å². The first kappa shape index (κ1) is 15.0. The minimum atomic E-state index is -1.84. The summed E-state index contributed by atoms with van der Waals surface area (Å²) in [5.74, 6) is -0.395. The molecule has 1 aliphatic rings. The molecule has 1 aromatic carbocycles. The molecule has 2 aromatic rings. The number of aryl methyl sites for hydroxylation is 1. The first-order valence-electron chi connectivity index (χ1n) is 6.80. The van der Waals surface area contributed by atoms with Crippen molar-refractivity contribution in [3.63, 3.8) is 0 Å². The molecule has 1 aromatic heterocycles. The molecule has 2 heterocycles. The van der Waals surface area contributed by atoms with Crippen molar-refractivity contribution in [2.45, 2.75) is 24.2 Å². The molecule has 22 heavy (non-hydrogen) atoms. The lowest BCUT2D eigenvalue weighted by Crippen LogP contribution is -2.26. The van der Waals surface area contributed by atoms with Crippen LogP contribution in [0.25, 0.3) is 5.69 Å². The van der Waals surface area contributed by atoms with Crippen molar-refractivity contribution in [1.29, 1.82) is 0 Å². The third kappa shape index (κ3) is 2.72. The molecule has 114 valence electrons. The van der Waals surface area contributed by atoms with Crippen LogP contribution in [0.4, 0.5) is 4.39 Å². The van der Waals surface area contributed by atoms with E-state index in [0.717, 1.165) is 17.0 Å². The van der Waals surface area contributed by atoms with Crippen molar-refractivity contribution in [2.24, 2.45) is 0 Å². The van der Waals surface area contributed by atoms with E-state index < -0.39 is 17.7 Å². The predicted octanol–water partition coefficient (Wildman–Crippen LogP) is 2.51. The number of pyridine rings is 1. The molecule has 0 amide bonds. The molecule has 4 nitrogen and oxygen atoms in total. The van der Waals surface area contributed by atoms with Gasteiger partial charge in [-0.2, -0.15) is 0 Å². The van der Waals surface area contributed by atoms with E-state index in [1.54, 1.807) is 6.07 Å². The van der Waals surface area contributed by atoms with Crippen molar-refractivity contribution in [1.82, 2.24) is 4.57 Å². The second-order valence-electron chi connectivity index (χ2n) is 4.95. The Morgan fingerprint density at radius 3 is 2.64 bits per heavy atom. The van der Waals surface area contributed by atoms with E-state index in [4.69, 9.17) is 0 Å². The van der Waals surface area contributed by atoms with Crippen LogP contribution in [-0.4, -0.2) is 14.8 Å². The minimum absolute atomic E-state index is 0.0782. The molecule has 3 rings (SSSR count). The molecule has 0 radical (unpaired) electrons. The van der Waals surface area contributed by atoms with Gasteiger partial charge in [-0.15, -0.1) is 0 Å². The number of halogens is 1. The zero-order chi connectivity index (χ0) is 15.7. The maximum absolute atomic E-state index is 13.1. The molecular weight excluding hydrogens is 305 g/mol. The number of allylic oxidation sites excluding steroid dienone is 1. The Kier molecular flexibility index (Phi) is 4.15. The van der Waals surface area contributed by atoms with E-state index in [2.05, 4.69) is 0 Å². The topological polar surface area (TPSA) is 62.5 Å². The SMILES string of the molecule is O=c1c(C(O)O)cc2c(n1-c1ccc(F)cc1)SC=CCC2. The third-order valence-corrected chi connectivity index (χ3v) is 4.47. The van der Waals surface area contributed by atoms with Crippen molar-refractivity contribution in [3.8, 4) is 5.69 Å². The van der Waals surface area contributed by atoms with Crippen LogP contribution in [-0.2, 0) is 6.42 Å². The van der Waals surface area contributed by atoms with Gasteiger partial charge in [0.1, 0.15) is 5.82 Å². The number of hydrogen-bond acceptors (Lipinski definition) is 4. The molecule has 0 unspecified atom stereocenters. The van der Waals surface area contributed by atoms with Crippen molar-refractivity contribution >= 4 is 11.8 Å². The van der Waals surface area contributed by atoms with Gasteiger partial charge in [-0.25, -0.2) is 4.39 Å². The monoisotopic (exact) mass is 319 g/mol. The van der Waals surface area contributed by atoms with Crippen LogP contribution in [0.2, 0.25) is 0 Å². The van der Waals surface area contributed by atoms with E-state index in [-0.39, 0.29) is 5.56 Å². The summed E-state index contributed by atoms with van der Waals surface area (Å²) in [5.41, 5.74) is 0.767. The molecule has 2 N–H and O–H groups in total. The van der Waals surface area contributed by atoms with Crippen molar-refractivity contribution in [2.75, 3.05) is 0 Å². The molecule has 0 fully saturated rings. The fraction of sp³-hybridized carbons (Fsp3) is 0.188. The Labute approximate surface area is 130 Å². The normalized spacial score (nSPS) is 14.0. The molecular formula is C16H14FNO3S. The lowest BCUT2D eigenvalue weighted by molar-refractivity contribution is -0.0438. The quantitative estimate of drug-likeness (QED) is 0.835. The van der Waals surface area contributed by atoms with E-state index >= 15 is 0 Å². The second-order valence-corrected chi connectivity index (χ2v) is 5.84. The van der Waals surface area contributed by atoms with Gasteiger partial charge in [0.25, 0.3) is 5.56 Å².